The fraction of sp³-hybridized carbons (Fsp3) is 0.500. The van der Waals surface area contributed by atoms with Gasteiger partial charge in [-0.25, -0.2) is 9.59 Å². The number of carbonyl (C=O) groups is 6. The molecular formula is C42H51NO12. The van der Waals surface area contributed by atoms with Crippen molar-refractivity contribution < 1.29 is 57.6 Å². The first-order chi connectivity index (χ1) is 25.8. The van der Waals surface area contributed by atoms with Crippen molar-refractivity contribution in [3.63, 3.8) is 0 Å². The summed E-state index contributed by atoms with van der Waals surface area (Å²) >= 11 is 0. The maximum absolute atomic E-state index is 14.5. The fourth-order valence-electron chi connectivity index (χ4n) is 7.14. The quantitative estimate of drug-likeness (QED) is 0.195. The van der Waals surface area contributed by atoms with Crippen molar-refractivity contribution in [2.24, 2.45) is 29.1 Å². The average molecular weight is 762 g/mol. The third kappa shape index (κ3) is 9.56. The molecule has 1 fully saturated rings. The first kappa shape index (κ1) is 42.6. The van der Waals surface area contributed by atoms with Crippen molar-refractivity contribution >= 4 is 35.6 Å². The van der Waals surface area contributed by atoms with E-state index in [1.165, 1.54) is 42.7 Å². The van der Waals surface area contributed by atoms with E-state index < -0.39 is 101 Å². The molecule has 13 nitrogen and oxygen atoms in total. The lowest BCUT2D eigenvalue weighted by molar-refractivity contribution is -0.177. The van der Waals surface area contributed by atoms with Crippen molar-refractivity contribution in [2.75, 3.05) is 0 Å². The number of carbonyl (C=O) groups excluding carboxylic acids is 6. The van der Waals surface area contributed by atoms with Gasteiger partial charge < -0.3 is 28.8 Å². The summed E-state index contributed by atoms with van der Waals surface area (Å²) in [5, 5.41) is 12.5. The van der Waals surface area contributed by atoms with Gasteiger partial charge in [0.2, 0.25) is 0 Å². The lowest BCUT2D eigenvalue weighted by Crippen LogP contribution is -2.58. The molecule has 0 saturated heterocycles. The second-order valence-corrected chi connectivity index (χ2v) is 15.2. The van der Waals surface area contributed by atoms with Crippen LogP contribution in [-0.4, -0.2) is 81.8 Å². The number of aromatic nitrogens is 1. The summed E-state index contributed by atoms with van der Waals surface area (Å²) in [5.74, 6) is -8.54. The number of hydrogen-bond donors (Lipinski definition) is 1. The Kier molecular flexibility index (Phi) is 13.6. The molecule has 55 heavy (non-hydrogen) atoms. The third-order valence-corrected chi connectivity index (χ3v) is 10.1. The minimum Gasteiger partial charge on any atom is -0.461 e. The van der Waals surface area contributed by atoms with Crippen LogP contribution in [0.4, 0.5) is 0 Å². The van der Waals surface area contributed by atoms with Crippen LogP contribution in [0.25, 0.3) is 0 Å². The molecule has 1 N–H and O–H groups in total. The van der Waals surface area contributed by atoms with Crippen molar-refractivity contribution in [3.8, 4) is 0 Å². The van der Waals surface area contributed by atoms with Crippen LogP contribution in [0.1, 0.15) is 88.9 Å². The Morgan fingerprint density at radius 3 is 2.11 bits per heavy atom. The number of Topliss-reactive ketones (excluding diaryl/α,β-unsaturated/α-hetero) is 1. The topological polar surface area (TPSA) is 182 Å². The molecule has 0 spiro atoms. The Morgan fingerprint density at radius 1 is 0.891 bits per heavy atom. The molecule has 1 aromatic heterocycles. The maximum Gasteiger partial charge on any atom is 0.340 e. The normalized spacial score (nSPS) is 29.8. The smallest absolute Gasteiger partial charge is 0.340 e. The van der Waals surface area contributed by atoms with Crippen LogP contribution in [0.5, 0.6) is 0 Å². The number of hydrogen-bond acceptors (Lipinski definition) is 13. The van der Waals surface area contributed by atoms with Crippen LogP contribution in [0.15, 0.2) is 79.2 Å². The van der Waals surface area contributed by atoms with E-state index in [2.05, 4.69) is 11.6 Å². The Hall–Kier alpha value is -5.17. The van der Waals surface area contributed by atoms with Crippen molar-refractivity contribution in [1.29, 1.82) is 0 Å². The minimum absolute atomic E-state index is 0.0359. The number of nitrogens with zero attached hydrogens (tertiary/aromatic N) is 1. The van der Waals surface area contributed by atoms with Crippen LogP contribution in [0.3, 0.4) is 0 Å². The fourth-order valence-corrected chi connectivity index (χ4v) is 7.14. The van der Waals surface area contributed by atoms with Crippen molar-refractivity contribution in [2.45, 2.75) is 104 Å². The molecule has 2 aromatic rings. The van der Waals surface area contributed by atoms with E-state index in [-0.39, 0.29) is 29.5 Å². The van der Waals surface area contributed by atoms with E-state index in [0.717, 1.165) is 6.92 Å². The number of aliphatic hydroxyl groups is 1. The second kappa shape index (κ2) is 17.5. The molecule has 296 valence electrons. The molecule has 1 aromatic carbocycles. The number of benzene rings is 1. The third-order valence-electron chi connectivity index (χ3n) is 10.1. The highest BCUT2D eigenvalue weighted by atomic mass is 16.6. The zero-order valence-electron chi connectivity index (χ0n) is 32.6. The van der Waals surface area contributed by atoms with Crippen LogP contribution in [0, 0.1) is 29.1 Å². The molecule has 13 heteroatoms. The van der Waals surface area contributed by atoms with Gasteiger partial charge in [-0.3, -0.25) is 24.2 Å². The number of ether oxygens (including phenoxy) is 5. The zero-order valence-corrected chi connectivity index (χ0v) is 32.6. The predicted molar refractivity (Wildman–Crippen MR) is 198 cm³/mol. The Morgan fingerprint density at radius 2 is 1.53 bits per heavy atom. The standard InChI is InChI=1S/C42H51NO12/c1-10-30(45)52-32-25(5)21-42(50)31(32)33(51-27(7)44)26(6)34(53-38(47)23(2)3)35(54-39(48)28-15-12-11-13-16-28)37(41(8,9)19-18-24(4)36(42)46)55-40(49)29-17-14-20-43-22-29/h11-20,22-25,31-35,37,50H,6,10,21H2,1-5,7-9H3/b19-18+/t24-,25+,31-,32+,33+,34+,35-,37-,42-/m1/s1. The summed E-state index contributed by atoms with van der Waals surface area (Å²) < 4.78 is 30.3. The molecule has 0 bridgehead atoms. The van der Waals surface area contributed by atoms with E-state index in [4.69, 9.17) is 23.7 Å². The SMILES string of the molecule is C=C1[C@H](OC(=O)C(C)C)[C@@H](OC(=O)c2ccccc2)[C@@H](OC(=O)c2cccnc2)C(C)(C)/C=C/[C@@H](C)C(=O)[C@@]2(O)C[C@H](C)[C@H](OC(=O)CC)[C@@H]2[C@H]1OC(C)=O. The molecule has 0 unspecified atom stereocenters. The number of pyridine rings is 1. The molecule has 0 amide bonds. The molecule has 4 rings (SSSR count). The number of allylic oxidation sites excluding steroid dienone is 1. The van der Waals surface area contributed by atoms with Crippen molar-refractivity contribution in [1.82, 2.24) is 4.98 Å². The molecule has 1 saturated carbocycles. The number of esters is 5. The lowest BCUT2D eigenvalue weighted by Gasteiger charge is -2.44. The number of fused-ring (bicyclic) bond motifs is 1. The summed E-state index contributed by atoms with van der Waals surface area (Å²) in [5.41, 5.74) is -3.63. The average Bonchev–Trinajstić information content (AvgIpc) is 3.40. The highest BCUT2D eigenvalue weighted by Gasteiger charge is 2.63. The summed E-state index contributed by atoms with van der Waals surface area (Å²) in [4.78, 5) is 85.8. The summed E-state index contributed by atoms with van der Waals surface area (Å²) in [6, 6.07) is 11.0. The van der Waals surface area contributed by atoms with E-state index >= 15 is 0 Å². The molecule has 9 atom stereocenters. The molecular weight excluding hydrogens is 710 g/mol. The van der Waals surface area contributed by atoms with E-state index in [1.807, 2.05) is 0 Å². The largest absolute Gasteiger partial charge is 0.461 e. The van der Waals surface area contributed by atoms with Gasteiger partial charge in [-0.1, -0.05) is 85.4 Å². The van der Waals surface area contributed by atoms with Gasteiger partial charge in [0.1, 0.15) is 17.8 Å². The van der Waals surface area contributed by atoms with Crippen LogP contribution in [0.2, 0.25) is 0 Å². The van der Waals surface area contributed by atoms with Gasteiger partial charge in [-0.15, -0.1) is 0 Å². The summed E-state index contributed by atoms with van der Waals surface area (Å²) in [7, 11) is 0. The zero-order chi connectivity index (χ0) is 40.8. The molecule has 0 radical (unpaired) electrons. The summed E-state index contributed by atoms with van der Waals surface area (Å²) in [6.45, 7) is 16.6. The summed E-state index contributed by atoms with van der Waals surface area (Å²) in [6.07, 6.45) is -2.13. The maximum atomic E-state index is 14.5. The molecule has 0 aliphatic heterocycles. The van der Waals surface area contributed by atoms with Gasteiger partial charge in [0.05, 0.1) is 23.0 Å². The second-order valence-electron chi connectivity index (χ2n) is 15.2. The van der Waals surface area contributed by atoms with E-state index in [0.29, 0.717) is 0 Å². The number of rotatable bonds is 9. The Bertz CT molecular complexity index is 1790. The van der Waals surface area contributed by atoms with Crippen molar-refractivity contribution in [3.05, 3.63) is 90.3 Å². The van der Waals surface area contributed by atoms with Gasteiger partial charge in [-0.05, 0) is 36.6 Å². The van der Waals surface area contributed by atoms with E-state index in [1.54, 1.807) is 72.7 Å². The van der Waals surface area contributed by atoms with Gasteiger partial charge in [-0.2, -0.15) is 0 Å². The number of ketones is 1. The van der Waals surface area contributed by atoms with Crippen LogP contribution >= 0.6 is 0 Å². The van der Waals surface area contributed by atoms with E-state index in [9.17, 15) is 33.9 Å². The molecule has 1 heterocycles. The molecule has 2 aliphatic carbocycles. The predicted octanol–water partition coefficient (Wildman–Crippen LogP) is 5.40. The first-order valence-corrected chi connectivity index (χ1v) is 18.4. The van der Waals surface area contributed by atoms with Crippen LogP contribution < -0.4 is 0 Å². The monoisotopic (exact) mass is 761 g/mol. The van der Waals surface area contributed by atoms with Gasteiger partial charge >= 0.3 is 29.8 Å². The van der Waals surface area contributed by atoms with Crippen LogP contribution in [-0.2, 0) is 42.9 Å². The van der Waals surface area contributed by atoms with Gasteiger partial charge in [0.25, 0.3) is 0 Å². The Balaban J connectivity index is 2.07. The molecule has 2 aliphatic rings. The highest BCUT2D eigenvalue weighted by Crippen LogP contribution is 2.49. The first-order valence-electron chi connectivity index (χ1n) is 18.4. The minimum atomic E-state index is -2.26. The highest BCUT2D eigenvalue weighted by molar-refractivity contribution is 5.92. The lowest BCUT2D eigenvalue weighted by atomic mass is 9.72. The Labute approximate surface area is 321 Å². The van der Waals surface area contributed by atoms with Gasteiger partial charge in [0.15, 0.2) is 24.1 Å². The van der Waals surface area contributed by atoms with Gasteiger partial charge in [0, 0.05) is 42.6 Å².